The van der Waals surface area contributed by atoms with E-state index < -0.39 is 14.6 Å². The number of nitrogens with zero attached hydrogens (tertiary/aromatic N) is 1. The molecule has 1 aromatic heterocycles. The Bertz CT molecular complexity index is 729. The Morgan fingerprint density at radius 2 is 1.62 bits per heavy atom. The van der Waals surface area contributed by atoms with Crippen molar-refractivity contribution in [3.8, 4) is 0 Å². The maximum absolute atomic E-state index is 11.9. The summed E-state index contributed by atoms with van der Waals surface area (Å²) in [6, 6.07) is 10.1. The van der Waals surface area contributed by atoms with Crippen LogP contribution in [0.4, 0.5) is 0 Å². The zero-order valence-corrected chi connectivity index (χ0v) is 14.7. The second-order valence-corrected chi connectivity index (χ2v) is 9.73. The van der Waals surface area contributed by atoms with Gasteiger partial charge in [-0.25, -0.2) is 13.4 Å². The first-order chi connectivity index (χ1) is 9.57. The van der Waals surface area contributed by atoms with Crippen LogP contribution >= 0.6 is 11.3 Å². The minimum absolute atomic E-state index is 0.246. The van der Waals surface area contributed by atoms with Gasteiger partial charge >= 0.3 is 0 Å². The maximum atomic E-state index is 11.9. The normalized spacial score (nSPS) is 13.4. The summed E-state index contributed by atoms with van der Waals surface area (Å²) >= 11 is 1.41. The molecule has 0 saturated heterocycles. The Labute approximate surface area is 131 Å². The highest BCUT2D eigenvalue weighted by Crippen LogP contribution is 2.37. The Balaban J connectivity index is 2.46. The summed E-state index contributed by atoms with van der Waals surface area (Å²) in [4.78, 5) is 4.64. The number of hydrogen-bond donors (Lipinski definition) is 0. The van der Waals surface area contributed by atoms with E-state index in [1.54, 1.807) is 13.8 Å². The molecule has 3 nitrogen and oxygen atoms in total. The first-order valence-electron chi connectivity index (χ1n) is 6.78. The fraction of sp³-hybridized carbons (Fsp3) is 0.438. The molecule has 1 heterocycles. The van der Waals surface area contributed by atoms with Crippen molar-refractivity contribution in [1.82, 2.24) is 4.98 Å². The quantitative estimate of drug-likeness (QED) is 0.861. The molecule has 0 amide bonds. The highest BCUT2D eigenvalue weighted by molar-refractivity contribution is 7.91. The number of hydrogen-bond acceptors (Lipinski definition) is 4. The molecule has 5 heteroatoms. The van der Waals surface area contributed by atoms with E-state index in [0.717, 1.165) is 5.69 Å². The van der Waals surface area contributed by atoms with Gasteiger partial charge in [-0.1, -0.05) is 44.2 Å². The highest BCUT2D eigenvalue weighted by atomic mass is 32.2. The summed E-state index contributed by atoms with van der Waals surface area (Å²) in [6.45, 7) is 7.63. The summed E-state index contributed by atoms with van der Waals surface area (Å²) < 4.78 is 22.9. The zero-order chi connectivity index (χ0) is 15.9. The molecule has 0 aliphatic carbocycles. The fourth-order valence-electron chi connectivity index (χ4n) is 2.00. The molecule has 0 spiro atoms. The summed E-state index contributed by atoms with van der Waals surface area (Å²) in [7, 11) is -3.20. The van der Waals surface area contributed by atoms with Crippen molar-refractivity contribution in [1.29, 1.82) is 0 Å². The lowest BCUT2D eigenvalue weighted by Crippen LogP contribution is -2.28. The SMILES string of the molecule is CC(C)(c1ccccc1)c1csc(C(C)(C)S(C)(=O)=O)n1. The smallest absolute Gasteiger partial charge is 0.159 e. The lowest BCUT2D eigenvalue weighted by molar-refractivity contribution is 0.556. The van der Waals surface area contributed by atoms with E-state index in [9.17, 15) is 8.42 Å². The van der Waals surface area contributed by atoms with Crippen LogP contribution in [0, 0.1) is 0 Å². The van der Waals surface area contributed by atoms with Gasteiger partial charge in [0.25, 0.3) is 0 Å². The van der Waals surface area contributed by atoms with Crippen molar-refractivity contribution >= 4 is 21.2 Å². The van der Waals surface area contributed by atoms with Gasteiger partial charge in [0.15, 0.2) is 9.84 Å². The van der Waals surface area contributed by atoms with E-state index >= 15 is 0 Å². The van der Waals surface area contributed by atoms with Crippen LogP contribution in [0.5, 0.6) is 0 Å². The van der Waals surface area contributed by atoms with Crippen LogP contribution in [0.15, 0.2) is 35.7 Å². The van der Waals surface area contributed by atoms with E-state index in [0.29, 0.717) is 5.01 Å². The minimum Gasteiger partial charge on any atom is -0.244 e. The molecule has 114 valence electrons. The summed E-state index contributed by atoms with van der Waals surface area (Å²) in [5.74, 6) is 0. The summed E-state index contributed by atoms with van der Waals surface area (Å²) in [5, 5.41) is 2.61. The van der Waals surface area contributed by atoms with Crippen LogP contribution in [0.1, 0.15) is 44.0 Å². The van der Waals surface area contributed by atoms with Gasteiger partial charge in [-0.2, -0.15) is 0 Å². The lowest BCUT2D eigenvalue weighted by Gasteiger charge is -2.24. The molecule has 0 fully saturated rings. The van der Waals surface area contributed by atoms with Crippen molar-refractivity contribution in [2.75, 3.05) is 6.26 Å². The van der Waals surface area contributed by atoms with E-state index in [1.165, 1.54) is 23.2 Å². The lowest BCUT2D eigenvalue weighted by atomic mass is 9.82. The molecule has 2 aromatic rings. The molecule has 0 saturated carbocycles. The largest absolute Gasteiger partial charge is 0.244 e. The molecule has 0 N–H and O–H groups in total. The van der Waals surface area contributed by atoms with E-state index in [1.807, 2.05) is 23.6 Å². The topological polar surface area (TPSA) is 47.0 Å². The molecular formula is C16H21NO2S2. The first-order valence-corrected chi connectivity index (χ1v) is 9.55. The van der Waals surface area contributed by atoms with E-state index in [4.69, 9.17) is 0 Å². The minimum atomic E-state index is -3.20. The number of rotatable bonds is 4. The van der Waals surface area contributed by atoms with Gasteiger partial charge in [0, 0.05) is 17.1 Å². The van der Waals surface area contributed by atoms with Crippen LogP contribution in [-0.4, -0.2) is 19.7 Å². The van der Waals surface area contributed by atoms with Crippen LogP contribution < -0.4 is 0 Å². The van der Waals surface area contributed by atoms with Gasteiger partial charge in [-0.15, -0.1) is 11.3 Å². The maximum Gasteiger partial charge on any atom is 0.159 e. The Hall–Kier alpha value is -1.20. The third kappa shape index (κ3) is 2.90. The van der Waals surface area contributed by atoms with Gasteiger partial charge < -0.3 is 0 Å². The van der Waals surface area contributed by atoms with Crippen LogP contribution in [0.25, 0.3) is 0 Å². The van der Waals surface area contributed by atoms with Crippen LogP contribution in [-0.2, 0) is 20.0 Å². The highest BCUT2D eigenvalue weighted by Gasteiger charge is 2.37. The molecular weight excluding hydrogens is 302 g/mol. The second kappa shape index (κ2) is 5.21. The monoisotopic (exact) mass is 323 g/mol. The Morgan fingerprint density at radius 3 is 2.14 bits per heavy atom. The molecule has 2 rings (SSSR count). The predicted octanol–water partition coefficient (Wildman–Crippen LogP) is 3.75. The second-order valence-electron chi connectivity index (χ2n) is 6.31. The van der Waals surface area contributed by atoms with Crippen molar-refractivity contribution in [2.45, 2.75) is 37.9 Å². The molecule has 21 heavy (non-hydrogen) atoms. The summed E-state index contributed by atoms with van der Waals surface area (Å²) in [6.07, 6.45) is 1.26. The van der Waals surface area contributed by atoms with E-state index in [2.05, 4.69) is 31.0 Å². The molecule has 0 atom stereocenters. The van der Waals surface area contributed by atoms with Gasteiger partial charge in [0.05, 0.1) is 5.69 Å². The first kappa shape index (κ1) is 16.2. The number of sulfone groups is 1. The molecule has 0 unspecified atom stereocenters. The fourth-order valence-corrected chi connectivity index (χ4v) is 3.97. The van der Waals surface area contributed by atoms with Crippen molar-refractivity contribution in [3.63, 3.8) is 0 Å². The van der Waals surface area contributed by atoms with Gasteiger partial charge in [0.1, 0.15) is 9.75 Å². The average Bonchev–Trinajstić information content (AvgIpc) is 2.89. The molecule has 0 aliphatic rings. The summed E-state index contributed by atoms with van der Waals surface area (Å²) in [5.41, 5.74) is 1.83. The number of aromatic nitrogens is 1. The van der Waals surface area contributed by atoms with Crippen LogP contribution in [0.3, 0.4) is 0 Å². The zero-order valence-electron chi connectivity index (χ0n) is 13.0. The van der Waals surface area contributed by atoms with Gasteiger partial charge in [-0.05, 0) is 19.4 Å². The van der Waals surface area contributed by atoms with Crippen molar-refractivity contribution < 1.29 is 8.42 Å². The number of thiazole rings is 1. The molecule has 0 aliphatic heterocycles. The number of benzene rings is 1. The molecule has 0 bridgehead atoms. The molecule has 1 aromatic carbocycles. The third-order valence-electron chi connectivity index (χ3n) is 4.08. The van der Waals surface area contributed by atoms with Gasteiger partial charge in [-0.3, -0.25) is 0 Å². The van der Waals surface area contributed by atoms with E-state index in [-0.39, 0.29) is 5.41 Å². The average molecular weight is 323 g/mol. The van der Waals surface area contributed by atoms with Gasteiger partial charge in [0.2, 0.25) is 0 Å². The third-order valence-corrected chi connectivity index (χ3v) is 7.42. The Kier molecular flexibility index (Phi) is 4.02. The van der Waals surface area contributed by atoms with Crippen molar-refractivity contribution in [3.05, 3.63) is 52.0 Å². The van der Waals surface area contributed by atoms with Crippen molar-refractivity contribution in [2.24, 2.45) is 0 Å². The Morgan fingerprint density at radius 1 is 1.05 bits per heavy atom. The predicted molar refractivity (Wildman–Crippen MR) is 88.6 cm³/mol. The molecule has 0 radical (unpaired) electrons. The standard InChI is InChI=1S/C16H21NO2S2/c1-15(2,12-9-7-6-8-10-12)13-11-20-14(17-13)16(3,4)21(5,18)19/h6-11H,1-5H3. The van der Waals surface area contributed by atoms with Crippen LogP contribution in [0.2, 0.25) is 0 Å².